The largest absolute Gasteiger partial charge is 0.481 e. The lowest BCUT2D eigenvalue weighted by Crippen LogP contribution is -2.26. The van der Waals surface area contributed by atoms with Crippen molar-refractivity contribution in [1.82, 2.24) is 5.32 Å². The third-order valence-corrected chi connectivity index (χ3v) is 4.54. The first-order valence-corrected chi connectivity index (χ1v) is 7.85. The van der Waals surface area contributed by atoms with Gasteiger partial charge in [0.25, 0.3) is 5.69 Å². The maximum Gasteiger partial charge on any atom is 0.305 e. The van der Waals surface area contributed by atoms with Crippen molar-refractivity contribution in [2.24, 2.45) is 10.2 Å². The van der Waals surface area contributed by atoms with Gasteiger partial charge in [0.2, 0.25) is 5.91 Å². The van der Waals surface area contributed by atoms with Crippen LogP contribution >= 0.6 is 35.0 Å². The molecule has 1 saturated heterocycles. The van der Waals surface area contributed by atoms with Crippen LogP contribution in [-0.2, 0) is 9.59 Å². The molecule has 1 unspecified atom stereocenters. The van der Waals surface area contributed by atoms with Crippen molar-refractivity contribution >= 4 is 63.9 Å². The minimum Gasteiger partial charge on any atom is -0.481 e. The Morgan fingerprint density at radius 2 is 2.12 bits per heavy atom. The number of carboxylic acid groups (broad SMARTS) is 1. The molecular weight excluding hydrogens is 383 g/mol. The quantitative estimate of drug-likeness (QED) is 0.449. The van der Waals surface area contributed by atoms with Crippen LogP contribution in [0.4, 0.5) is 5.69 Å². The Morgan fingerprint density at radius 3 is 2.75 bits per heavy atom. The number of nitrogens with zero attached hydrogens (tertiary/aromatic N) is 3. The molecule has 1 aromatic carbocycles. The molecule has 1 heterocycles. The van der Waals surface area contributed by atoms with E-state index in [1.807, 2.05) is 0 Å². The summed E-state index contributed by atoms with van der Waals surface area (Å²) in [5, 5.41) is 28.8. The number of thioether (sulfide) groups is 1. The van der Waals surface area contributed by atoms with Crippen molar-refractivity contribution in [3.63, 3.8) is 0 Å². The fourth-order valence-electron chi connectivity index (χ4n) is 1.70. The van der Waals surface area contributed by atoms with Crippen molar-refractivity contribution in [2.75, 3.05) is 0 Å². The van der Waals surface area contributed by atoms with Gasteiger partial charge in [-0.15, -0.1) is 5.10 Å². The third kappa shape index (κ3) is 4.43. The van der Waals surface area contributed by atoms with E-state index in [1.54, 1.807) is 0 Å². The maximum atomic E-state index is 11.5. The number of nitrogens with one attached hydrogen (secondary N) is 1. The van der Waals surface area contributed by atoms with Crippen molar-refractivity contribution in [2.45, 2.75) is 11.7 Å². The lowest BCUT2D eigenvalue weighted by atomic mass is 10.2. The molecule has 1 aromatic rings. The molecular formula is C12H8Cl2N4O5S. The highest BCUT2D eigenvalue weighted by molar-refractivity contribution is 8.15. The van der Waals surface area contributed by atoms with E-state index in [0.29, 0.717) is 0 Å². The number of carbonyl (C=O) groups excluding carboxylic acids is 1. The summed E-state index contributed by atoms with van der Waals surface area (Å²) in [6.07, 6.45) is 0.738. The molecule has 1 aliphatic heterocycles. The zero-order chi connectivity index (χ0) is 17.9. The van der Waals surface area contributed by atoms with Crippen molar-refractivity contribution in [1.29, 1.82) is 0 Å². The van der Waals surface area contributed by atoms with E-state index >= 15 is 0 Å². The van der Waals surface area contributed by atoms with Crippen molar-refractivity contribution in [3.05, 3.63) is 37.9 Å². The SMILES string of the molecule is O=C(O)CC1SC(=NN=Cc2cc(Cl)c(Cl)cc2[N+](=O)[O-])NC1=O. The number of nitro groups is 1. The lowest BCUT2D eigenvalue weighted by molar-refractivity contribution is -0.385. The van der Waals surface area contributed by atoms with Gasteiger partial charge in [-0.25, -0.2) is 0 Å². The lowest BCUT2D eigenvalue weighted by Gasteiger charge is -2.00. The number of benzene rings is 1. The minimum absolute atomic E-state index is 0.0296. The Morgan fingerprint density at radius 1 is 1.46 bits per heavy atom. The number of nitro benzene ring substituents is 1. The van der Waals surface area contributed by atoms with Gasteiger partial charge in [-0.05, 0) is 6.07 Å². The molecule has 1 fully saturated rings. The highest BCUT2D eigenvalue weighted by Gasteiger charge is 2.32. The van der Waals surface area contributed by atoms with E-state index in [2.05, 4.69) is 15.5 Å². The molecule has 126 valence electrons. The number of carbonyl (C=O) groups is 2. The van der Waals surface area contributed by atoms with E-state index in [9.17, 15) is 19.7 Å². The van der Waals surface area contributed by atoms with Gasteiger partial charge in [0.1, 0.15) is 5.25 Å². The van der Waals surface area contributed by atoms with Crippen molar-refractivity contribution in [3.8, 4) is 0 Å². The van der Waals surface area contributed by atoms with Crippen LogP contribution in [-0.4, -0.2) is 38.5 Å². The normalized spacial score (nSPS) is 19.0. The number of carboxylic acids is 1. The average Bonchev–Trinajstić information content (AvgIpc) is 2.81. The van der Waals surface area contributed by atoms with Gasteiger partial charge in [0.05, 0.1) is 33.2 Å². The molecule has 1 amide bonds. The zero-order valence-corrected chi connectivity index (χ0v) is 13.9. The minimum atomic E-state index is -1.11. The van der Waals surface area contributed by atoms with Gasteiger partial charge >= 0.3 is 5.97 Å². The van der Waals surface area contributed by atoms with Crippen LogP contribution in [0.25, 0.3) is 0 Å². The molecule has 2 rings (SSSR count). The molecule has 0 spiro atoms. The molecule has 0 aromatic heterocycles. The number of aliphatic carboxylic acids is 1. The van der Waals surface area contributed by atoms with Crippen LogP contribution in [0.5, 0.6) is 0 Å². The average molecular weight is 391 g/mol. The molecule has 1 aliphatic rings. The second kappa shape index (κ2) is 7.60. The fraction of sp³-hybridized carbons (Fsp3) is 0.167. The molecule has 24 heavy (non-hydrogen) atoms. The standard InChI is InChI=1S/C12H8Cl2N4O5S/c13-6-1-5(8(18(22)23)2-7(6)14)4-15-17-12-16-11(21)9(24-12)3-10(19)20/h1-2,4,9H,3H2,(H,19,20)(H,16,17,21). The van der Waals surface area contributed by atoms with Gasteiger partial charge in [0.15, 0.2) is 5.17 Å². The molecule has 0 saturated carbocycles. The predicted octanol–water partition coefficient (Wildman–Crippen LogP) is 2.30. The molecule has 2 N–H and O–H groups in total. The Balaban J connectivity index is 2.18. The molecule has 1 atom stereocenters. The number of amides is 1. The van der Waals surface area contributed by atoms with Gasteiger partial charge in [-0.3, -0.25) is 19.7 Å². The topological polar surface area (TPSA) is 134 Å². The summed E-state index contributed by atoms with van der Waals surface area (Å²) in [6, 6.07) is 2.35. The summed E-state index contributed by atoms with van der Waals surface area (Å²) in [5.41, 5.74) is -0.227. The van der Waals surface area contributed by atoms with E-state index in [4.69, 9.17) is 28.3 Å². The summed E-state index contributed by atoms with van der Waals surface area (Å²) in [6.45, 7) is 0. The number of hydrogen-bond donors (Lipinski definition) is 2. The van der Waals surface area contributed by atoms with Gasteiger partial charge in [0, 0.05) is 6.07 Å². The van der Waals surface area contributed by atoms with Crippen LogP contribution in [0.1, 0.15) is 12.0 Å². The first-order valence-electron chi connectivity index (χ1n) is 6.21. The van der Waals surface area contributed by atoms with E-state index in [-0.39, 0.29) is 32.9 Å². The number of hydrogen-bond acceptors (Lipinski definition) is 7. The van der Waals surface area contributed by atoms with Crippen molar-refractivity contribution < 1.29 is 19.6 Å². The predicted molar refractivity (Wildman–Crippen MR) is 89.9 cm³/mol. The molecule has 0 aliphatic carbocycles. The van der Waals surface area contributed by atoms with E-state index in [1.165, 1.54) is 6.07 Å². The summed E-state index contributed by atoms with van der Waals surface area (Å²) < 4.78 is 0. The summed E-state index contributed by atoms with van der Waals surface area (Å²) in [4.78, 5) is 32.5. The summed E-state index contributed by atoms with van der Waals surface area (Å²) in [7, 11) is 0. The van der Waals surface area contributed by atoms with Gasteiger partial charge in [-0.2, -0.15) is 5.10 Å². The van der Waals surface area contributed by atoms with Crippen LogP contribution in [0.3, 0.4) is 0 Å². The summed E-state index contributed by atoms with van der Waals surface area (Å²) in [5.74, 6) is -1.60. The first-order chi connectivity index (χ1) is 11.3. The van der Waals surface area contributed by atoms with Crippen LogP contribution in [0, 0.1) is 10.1 Å². The molecule has 12 heteroatoms. The first kappa shape index (κ1) is 18.2. The van der Waals surface area contributed by atoms with Gasteiger partial charge < -0.3 is 10.4 Å². The maximum absolute atomic E-state index is 11.5. The Bertz CT molecular complexity index is 783. The van der Waals surface area contributed by atoms with E-state index in [0.717, 1.165) is 24.0 Å². The Labute approximate surface area is 148 Å². The third-order valence-electron chi connectivity index (χ3n) is 2.75. The zero-order valence-electron chi connectivity index (χ0n) is 11.6. The second-order valence-electron chi connectivity index (χ2n) is 4.43. The second-order valence-corrected chi connectivity index (χ2v) is 6.43. The van der Waals surface area contributed by atoms with Crippen LogP contribution in [0.15, 0.2) is 22.3 Å². The number of amidine groups is 1. The Hall–Kier alpha value is -2.17. The number of halogens is 2. The monoisotopic (exact) mass is 390 g/mol. The molecule has 9 nitrogen and oxygen atoms in total. The number of rotatable bonds is 5. The fourth-order valence-corrected chi connectivity index (χ4v) is 2.95. The van der Waals surface area contributed by atoms with Gasteiger partial charge in [-0.1, -0.05) is 35.0 Å². The molecule has 0 bridgehead atoms. The Kier molecular flexibility index (Phi) is 5.75. The highest BCUT2D eigenvalue weighted by Crippen LogP contribution is 2.29. The summed E-state index contributed by atoms with van der Waals surface area (Å²) >= 11 is 12.5. The van der Waals surface area contributed by atoms with E-state index < -0.39 is 22.0 Å². The molecule has 0 radical (unpaired) electrons. The van der Waals surface area contributed by atoms with Crippen LogP contribution in [0.2, 0.25) is 10.0 Å². The highest BCUT2D eigenvalue weighted by atomic mass is 35.5. The van der Waals surface area contributed by atoms with Crippen LogP contribution < -0.4 is 5.32 Å². The smallest absolute Gasteiger partial charge is 0.305 e.